The molecule has 9 nitrogen and oxygen atoms in total. The predicted molar refractivity (Wildman–Crippen MR) is 186 cm³/mol. The monoisotopic (exact) mass is 687 g/mol. The Morgan fingerprint density at radius 2 is 1.49 bits per heavy atom. The van der Waals surface area contributed by atoms with Gasteiger partial charge in [-0.05, 0) is 60.4 Å². The zero-order valence-corrected chi connectivity index (χ0v) is 28.6. The van der Waals surface area contributed by atoms with Crippen LogP contribution in [-0.4, -0.2) is 58.0 Å². The number of sulfonamides is 1. The second-order valence-electron chi connectivity index (χ2n) is 12.1. The molecule has 1 aliphatic rings. The maximum atomic E-state index is 14.8. The third kappa shape index (κ3) is 8.97. The Hall–Kier alpha value is -4.90. The van der Waals surface area contributed by atoms with Crippen molar-refractivity contribution in [3.8, 4) is 11.5 Å². The lowest BCUT2D eigenvalue weighted by atomic mass is 9.94. The van der Waals surface area contributed by atoms with Gasteiger partial charge in [0, 0.05) is 25.1 Å². The van der Waals surface area contributed by atoms with E-state index in [-0.39, 0.29) is 41.2 Å². The third-order valence-electron chi connectivity index (χ3n) is 8.75. The number of benzene rings is 4. The number of carbonyl (C=O) groups excluding carboxylic acids is 2. The highest BCUT2D eigenvalue weighted by molar-refractivity contribution is 7.92. The fourth-order valence-electron chi connectivity index (χ4n) is 6.11. The summed E-state index contributed by atoms with van der Waals surface area (Å²) >= 11 is 0. The van der Waals surface area contributed by atoms with Gasteiger partial charge in [0.25, 0.3) is 10.0 Å². The number of ether oxygens (including phenoxy) is 2. The van der Waals surface area contributed by atoms with Crippen molar-refractivity contribution in [1.82, 2.24) is 10.2 Å². The van der Waals surface area contributed by atoms with Gasteiger partial charge in [0.05, 0.1) is 24.8 Å². The Kier molecular flexibility index (Phi) is 11.9. The van der Waals surface area contributed by atoms with Gasteiger partial charge in [-0.25, -0.2) is 12.8 Å². The number of nitrogens with one attached hydrogen (secondary N) is 1. The Morgan fingerprint density at radius 1 is 0.837 bits per heavy atom. The lowest BCUT2D eigenvalue weighted by Crippen LogP contribution is -2.55. The van der Waals surface area contributed by atoms with Crippen LogP contribution in [0.15, 0.2) is 108 Å². The molecule has 11 heteroatoms. The van der Waals surface area contributed by atoms with Gasteiger partial charge in [0.1, 0.15) is 29.9 Å². The van der Waals surface area contributed by atoms with Crippen LogP contribution in [-0.2, 0) is 32.6 Å². The number of anilines is 1. The molecule has 0 radical (unpaired) electrons. The minimum absolute atomic E-state index is 0.0294. The van der Waals surface area contributed by atoms with Crippen molar-refractivity contribution in [2.45, 2.75) is 62.0 Å². The fraction of sp³-hybridized carbons (Fsp3) is 0.316. The summed E-state index contributed by atoms with van der Waals surface area (Å²) in [6, 6.07) is 26.5. The smallest absolute Gasteiger partial charge is 0.264 e. The molecule has 1 N–H and O–H groups in total. The number of hydrogen-bond donors (Lipinski definition) is 1. The molecule has 4 aromatic rings. The van der Waals surface area contributed by atoms with Crippen molar-refractivity contribution >= 4 is 27.5 Å². The number of methoxy groups -OCH3 is 2. The Balaban J connectivity index is 1.60. The third-order valence-corrected chi connectivity index (χ3v) is 10.5. The number of carbonyl (C=O) groups is 2. The Bertz CT molecular complexity index is 1800. The first-order valence-corrected chi connectivity index (χ1v) is 17.8. The van der Waals surface area contributed by atoms with Gasteiger partial charge in [-0.1, -0.05) is 79.9 Å². The van der Waals surface area contributed by atoms with E-state index in [1.807, 2.05) is 30.3 Å². The highest BCUT2D eigenvalue weighted by Crippen LogP contribution is 2.36. The minimum Gasteiger partial charge on any atom is -0.497 e. The van der Waals surface area contributed by atoms with Crippen LogP contribution in [0.3, 0.4) is 0 Å². The largest absolute Gasteiger partial charge is 0.497 e. The summed E-state index contributed by atoms with van der Waals surface area (Å²) in [5, 5.41) is 3.18. The molecule has 0 saturated heterocycles. The van der Waals surface area contributed by atoms with Gasteiger partial charge < -0.3 is 19.7 Å². The van der Waals surface area contributed by atoms with Crippen LogP contribution in [0.4, 0.5) is 10.1 Å². The number of amides is 2. The van der Waals surface area contributed by atoms with Gasteiger partial charge >= 0.3 is 0 Å². The summed E-state index contributed by atoms with van der Waals surface area (Å²) in [4.78, 5) is 30.4. The van der Waals surface area contributed by atoms with Gasteiger partial charge in [-0.15, -0.1) is 0 Å². The summed E-state index contributed by atoms with van der Waals surface area (Å²) in [6.07, 6.45) is 4.97. The average molecular weight is 688 g/mol. The van der Waals surface area contributed by atoms with Crippen molar-refractivity contribution in [1.29, 1.82) is 0 Å². The summed E-state index contributed by atoms with van der Waals surface area (Å²) in [5.41, 5.74) is 1.49. The van der Waals surface area contributed by atoms with Crippen molar-refractivity contribution in [2.24, 2.45) is 0 Å². The van der Waals surface area contributed by atoms with E-state index >= 15 is 0 Å². The Labute approximate surface area is 287 Å². The lowest BCUT2D eigenvalue weighted by molar-refractivity contribution is -0.140. The molecule has 1 fully saturated rings. The van der Waals surface area contributed by atoms with E-state index in [0.29, 0.717) is 11.3 Å². The van der Waals surface area contributed by atoms with Crippen LogP contribution in [0.1, 0.15) is 43.2 Å². The fourth-order valence-corrected chi connectivity index (χ4v) is 7.55. The molecule has 0 aromatic heterocycles. The summed E-state index contributed by atoms with van der Waals surface area (Å²) in [6.45, 7) is -0.729. The Morgan fingerprint density at radius 3 is 2.12 bits per heavy atom. The van der Waals surface area contributed by atoms with Crippen molar-refractivity contribution < 1.29 is 31.9 Å². The second-order valence-corrected chi connectivity index (χ2v) is 13.9. The zero-order chi connectivity index (χ0) is 34.8. The van der Waals surface area contributed by atoms with E-state index in [2.05, 4.69) is 5.32 Å². The van der Waals surface area contributed by atoms with E-state index in [1.54, 1.807) is 42.5 Å². The molecule has 0 bridgehead atoms. The molecule has 49 heavy (non-hydrogen) atoms. The summed E-state index contributed by atoms with van der Waals surface area (Å²) < 4.78 is 54.6. The number of halogens is 1. The van der Waals surface area contributed by atoms with Crippen LogP contribution in [0.5, 0.6) is 11.5 Å². The topological polar surface area (TPSA) is 105 Å². The van der Waals surface area contributed by atoms with Crippen molar-refractivity contribution in [3.63, 3.8) is 0 Å². The van der Waals surface area contributed by atoms with Crippen LogP contribution in [0, 0.1) is 5.82 Å². The second kappa shape index (κ2) is 16.5. The molecule has 1 aliphatic carbocycles. The maximum Gasteiger partial charge on any atom is 0.264 e. The first-order valence-electron chi connectivity index (χ1n) is 16.4. The molecule has 0 aliphatic heterocycles. The van der Waals surface area contributed by atoms with Gasteiger partial charge in [0.2, 0.25) is 11.8 Å². The van der Waals surface area contributed by atoms with E-state index in [9.17, 15) is 22.4 Å². The molecule has 1 atom stereocenters. The van der Waals surface area contributed by atoms with E-state index < -0.39 is 34.3 Å². The van der Waals surface area contributed by atoms with E-state index in [4.69, 9.17) is 9.47 Å². The quantitative estimate of drug-likeness (QED) is 0.171. The molecular formula is C38H42FN3O6S. The molecule has 1 unspecified atom stereocenters. The number of rotatable bonds is 14. The first kappa shape index (κ1) is 35.4. The van der Waals surface area contributed by atoms with Crippen molar-refractivity contribution in [2.75, 3.05) is 25.1 Å². The van der Waals surface area contributed by atoms with E-state index in [1.165, 1.54) is 49.5 Å². The molecule has 0 heterocycles. The molecule has 4 aromatic carbocycles. The number of hydrogen-bond acceptors (Lipinski definition) is 6. The van der Waals surface area contributed by atoms with Crippen LogP contribution in [0.2, 0.25) is 0 Å². The predicted octanol–water partition coefficient (Wildman–Crippen LogP) is 6.13. The SMILES string of the molecule is COc1ccc(OC)c(N(CC(=O)N(Cc2ccc(F)cc2)C(Cc2ccccc2)C(=O)NC2CCCCC2)S(=O)(=O)c2ccccc2)c1. The molecule has 5 rings (SSSR count). The normalized spacial score (nSPS) is 14.0. The van der Waals surface area contributed by atoms with Crippen LogP contribution >= 0.6 is 0 Å². The van der Waals surface area contributed by atoms with E-state index in [0.717, 1.165) is 42.0 Å². The van der Waals surface area contributed by atoms with Gasteiger partial charge in [-0.3, -0.25) is 13.9 Å². The summed E-state index contributed by atoms with van der Waals surface area (Å²) in [7, 11) is -1.48. The minimum atomic E-state index is -4.35. The van der Waals surface area contributed by atoms with Gasteiger partial charge in [-0.2, -0.15) is 0 Å². The molecule has 258 valence electrons. The standard InChI is InChI=1S/C38H42FN3O6S/c1-47-32-22-23-36(48-2)34(25-32)42(49(45,46)33-16-10-5-11-17-33)27-37(43)41(26-29-18-20-30(39)21-19-29)35(24-28-12-6-3-7-13-28)38(44)40-31-14-8-4-9-15-31/h3,5-7,10-13,16-23,25,31,35H,4,8-9,14-15,24,26-27H2,1-2H3,(H,40,44). The molecule has 2 amide bonds. The average Bonchev–Trinajstić information content (AvgIpc) is 3.13. The highest BCUT2D eigenvalue weighted by Gasteiger charge is 2.36. The first-order chi connectivity index (χ1) is 23.7. The van der Waals surface area contributed by atoms with Gasteiger partial charge in [0.15, 0.2) is 0 Å². The van der Waals surface area contributed by atoms with Crippen LogP contribution < -0.4 is 19.1 Å². The summed E-state index contributed by atoms with van der Waals surface area (Å²) in [5.74, 6) is -0.846. The maximum absolute atomic E-state index is 14.8. The molecule has 0 spiro atoms. The highest BCUT2D eigenvalue weighted by atomic mass is 32.2. The molecular weight excluding hydrogens is 645 g/mol. The zero-order valence-electron chi connectivity index (χ0n) is 27.8. The molecule has 1 saturated carbocycles. The number of nitrogens with zero attached hydrogens (tertiary/aromatic N) is 2. The lowest BCUT2D eigenvalue weighted by Gasteiger charge is -2.35. The van der Waals surface area contributed by atoms with Crippen LogP contribution in [0.25, 0.3) is 0 Å². The van der Waals surface area contributed by atoms with Crippen molar-refractivity contribution in [3.05, 3.63) is 120 Å².